The van der Waals surface area contributed by atoms with Crippen molar-refractivity contribution in [1.29, 1.82) is 0 Å². The van der Waals surface area contributed by atoms with Crippen LogP contribution in [0.4, 0.5) is 0 Å². The number of hydrogen-bond acceptors (Lipinski definition) is 7. The molecular weight excluding hydrogens is 376 g/mol. The molecule has 0 saturated heterocycles. The molecule has 0 bridgehead atoms. The van der Waals surface area contributed by atoms with Crippen LogP contribution in [0.5, 0.6) is 0 Å². The SMILES string of the molecule is CCOC(=O)c1cn(-c2nc(C(C)C)ns2)c2nc(Cl)cc(C)c2c1=O. The van der Waals surface area contributed by atoms with Crippen LogP contribution < -0.4 is 5.43 Å². The summed E-state index contributed by atoms with van der Waals surface area (Å²) in [5.74, 6) is 0.137. The molecule has 3 aromatic rings. The number of halogens is 1. The fourth-order valence-corrected chi connectivity index (χ4v) is 3.55. The second-order valence-corrected chi connectivity index (χ2v) is 7.13. The second-order valence-electron chi connectivity index (χ2n) is 6.01. The Morgan fingerprint density at radius 3 is 2.73 bits per heavy atom. The van der Waals surface area contributed by atoms with E-state index in [4.69, 9.17) is 16.3 Å². The molecule has 0 saturated carbocycles. The molecule has 0 spiro atoms. The van der Waals surface area contributed by atoms with Crippen LogP contribution in [-0.2, 0) is 4.74 Å². The minimum absolute atomic E-state index is 0.0760. The van der Waals surface area contributed by atoms with Crippen molar-refractivity contribution >= 4 is 40.1 Å². The molecule has 3 aromatic heterocycles. The molecule has 0 N–H and O–H groups in total. The van der Waals surface area contributed by atoms with E-state index in [0.29, 0.717) is 27.6 Å². The molecule has 26 heavy (non-hydrogen) atoms. The summed E-state index contributed by atoms with van der Waals surface area (Å²) in [5.41, 5.74) is 0.441. The molecule has 0 aliphatic rings. The molecule has 0 radical (unpaired) electrons. The maximum absolute atomic E-state index is 12.8. The lowest BCUT2D eigenvalue weighted by atomic mass is 10.1. The van der Waals surface area contributed by atoms with E-state index in [1.165, 1.54) is 6.20 Å². The highest BCUT2D eigenvalue weighted by Crippen LogP contribution is 2.24. The Balaban J connectivity index is 2.37. The van der Waals surface area contributed by atoms with Gasteiger partial charge in [0.15, 0.2) is 5.65 Å². The zero-order chi connectivity index (χ0) is 19.0. The van der Waals surface area contributed by atoms with E-state index < -0.39 is 11.4 Å². The van der Waals surface area contributed by atoms with Crippen LogP contribution in [0.25, 0.3) is 16.2 Å². The monoisotopic (exact) mass is 392 g/mol. The van der Waals surface area contributed by atoms with Gasteiger partial charge in [0.1, 0.15) is 16.5 Å². The highest BCUT2D eigenvalue weighted by atomic mass is 35.5. The molecule has 0 fully saturated rings. The van der Waals surface area contributed by atoms with Crippen LogP contribution in [0.1, 0.15) is 48.4 Å². The van der Waals surface area contributed by atoms with Crippen molar-refractivity contribution in [3.8, 4) is 5.13 Å². The molecule has 0 unspecified atom stereocenters. The summed E-state index contributed by atoms with van der Waals surface area (Å²) in [6.45, 7) is 7.57. The average Bonchev–Trinajstić information content (AvgIpc) is 3.04. The molecule has 9 heteroatoms. The summed E-state index contributed by atoms with van der Waals surface area (Å²) in [5, 5.41) is 1.06. The third-order valence-corrected chi connectivity index (χ3v) is 4.70. The largest absolute Gasteiger partial charge is 0.462 e. The summed E-state index contributed by atoms with van der Waals surface area (Å²) >= 11 is 7.25. The van der Waals surface area contributed by atoms with Gasteiger partial charge in [0, 0.05) is 23.6 Å². The van der Waals surface area contributed by atoms with Crippen molar-refractivity contribution in [3.05, 3.63) is 44.6 Å². The lowest BCUT2D eigenvalue weighted by Crippen LogP contribution is -2.21. The standard InChI is InChI=1S/C17H17ClN4O3S/c1-5-25-16(24)10-7-22(17-20-14(8(2)3)21-26-17)15-12(13(10)23)9(4)6-11(18)19-15/h6-8H,5H2,1-4H3. The minimum Gasteiger partial charge on any atom is -0.462 e. The third kappa shape index (κ3) is 3.22. The van der Waals surface area contributed by atoms with Gasteiger partial charge >= 0.3 is 5.97 Å². The molecule has 7 nitrogen and oxygen atoms in total. The third-order valence-electron chi connectivity index (χ3n) is 3.77. The molecule has 0 aliphatic carbocycles. The van der Waals surface area contributed by atoms with Crippen molar-refractivity contribution in [1.82, 2.24) is 18.9 Å². The number of hydrogen-bond donors (Lipinski definition) is 0. The summed E-state index contributed by atoms with van der Waals surface area (Å²) < 4.78 is 10.9. The van der Waals surface area contributed by atoms with Gasteiger partial charge in [0.2, 0.25) is 10.6 Å². The summed E-state index contributed by atoms with van der Waals surface area (Å²) in [6.07, 6.45) is 1.40. The van der Waals surface area contributed by atoms with Gasteiger partial charge in [-0.3, -0.25) is 9.36 Å². The first-order valence-corrected chi connectivity index (χ1v) is 9.22. The van der Waals surface area contributed by atoms with Gasteiger partial charge in [0.05, 0.1) is 12.0 Å². The first-order chi connectivity index (χ1) is 12.3. The number of ether oxygens (including phenoxy) is 1. The van der Waals surface area contributed by atoms with Crippen molar-refractivity contribution in [3.63, 3.8) is 0 Å². The van der Waals surface area contributed by atoms with Gasteiger partial charge in [-0.2, -0.15) is 4.37 Å². The zero-order valence-corrected chi connectivity index (χ0v) is 16.3. The lowest BCUT2D eigenvalue weighted by Gasteiger charge is -2.11. The number of carbonyl (C=O) groups excluding carboxylic acids is 1. The van der Waals surface area contributed by atoms with Crippen molar-refractivity contribution in [2.75, 3.05) is 6.61 Å². The van der Waals surface area contributed by atoms with Crippen LogP contribution in [-0.4, -0.2) is 31.5 Å². The fraction of sp³-hybridized carbons (Fsp3) is 0.353. The zero-order valence-electron chi connectivity index (χ0n) is 14.7. The van der Waals surface area contributed by atoms with Crippen molar-refractivity contribution in [2.45, 2.75) is 33.6 Å². The number of rotatable bonds is 4. The number of pyridine rings is 2. The Hall–Kier alpha value is -2.32. The average molecular weight is 393 g/mol. The van der Waals surface area contributed by atoms with Gasteiger partial charge in [-0.05, 0) is 25.5 Å². The number of esters is 1. The van der Waals surface area contributed by atoms with Gasteiger partial charge in [-0.25, -0.2) is 14.8 Å². The number of nitrogens with zero attached hydrogens (tertiary/aromatic N) is 4. The van der Waals surface area contributed by atoms with Crippen molar-refractivity contribution in [2.24, 2.45) is 0 Å². The highest BCUT2D eigenvalue weighted by molar-refractivity contribution is 7.08. The summed E-state index contributed by atoms with van der Waals surface area (Å²) in [6, 6.07) is 1.59. The van der Waals surface area contributed by atoms with E-state index in [2.05, 4.69) is 14.3 Å². The van der Waals surface area contributed by atoms with Crippen LogP contribution in [0, 0.1) is 6.92 Å². The van der Waals surface area contributed by atoms with Crippen LogP contribution in [0.3, 0.4) is 0 Å². The van der Waals surface area contributed by atoms with Gasteiger partial charge in [-0.15, -0.1) is 0 Å². The number of carbonyl (C=O) groups is 1. The maximum atomic E-state index is 12.8. The molecular formula is C17H17ClN4O3S. The Bertz CT molecular complexity index is 1060. The van der Waals surface area contributed by atoms with Gasteiger partial charge < -0.3 is 4.74 Å². The van der Waals surface area contributed by atoms with E-state index in [0.717, 1.165) is 11.5 Å². The normalized spacial score (nSPS) is 11.3. The molecule has 3 heterocycles. The predicted octanol–water partition coefficient (Wildman–Crippen LogP) is 3.50. The first kappa shape index (κ1) is 18.5. The van der Waals surface area contributed by atoms with E-state index >= 15 is 0 Å². The first-order valence-electron chi connectivity index (χ1n) is 8.07. The Kier molecular flexibility index (Phi) is 5.06. The summed E-state index contributed by atoms with van der Waals surface area (Å²) in [7, 11) is 0. The molecule has 0 amide bonds. The molecule has 0 aromatic carbocycles. The van der Waals surface area contributed by atoms with E-state index in [9.17, 15) is 9.59 Å². The van der Waals surface area contributed by atoms with E-state index in [1.54, 1.807) is 24.5 Å². The smallest absolute Gasteiger partial charge is 0.343 e. The Morgan fingerprint density at radius 1 is 1.38 bits per heavy atom. The van der Waals surface area contributed by atoms with Crippen LogP contribution >= 0.6 is 23.1 Å². The van der Waals surface area contributed by atoms with E-state index in [-0.39, 0.29) is 23.2 Å². The second kappa shape index (κ2) is 7.13. The topological polar surface area (TPSA) is 87.0 Å². The quantitative estimate of drug-likeness (QED) is 0.499. The summed E-state index contributed by atoms with van der Waals surface area (Å²) in [4.78, 5) is 33.9. The number of aromatic nitrogens is 4. The molecule has 0 atom stereocenters. The van der Waals surface area contributed by atoms with Crippen LogP contribution in [0.15, 0.2) is 17.1 Å². The number of fused-ring (bicyclic) bond motifs is 1. The maximum Gasteiger partial charge on any atom is 0.343 e. The highest BCUT2D eigenvalue weighted by Gasteiger charge is 2.21. The van der Waals surface area contributed by atoms with Crippen LogP contribution in [0.2, 0.25) is 5.15 Å². The number of aryl methyl sites for hydroxylation is 1. The fourth-order valence-electron chi connectivity index (χ4n) is 2.51. The molecule has 3 rings (SSSR count). The molecule has 136 valence electrons. The minimum atomic E-state index is -0.684. The predicted molar refractivity (Wildman–Crippen MR) is 101 cm³/mol. The van der Waals surface area contributed by atoms with Crippen molar-refractivity contribution < 1.29 is 9.53 Å². The van der Waals surface area contributed by atoms with Gasteiger partial charge in [0.25, 0.3) is 0 Å². The Labute approximate surface area is 158 Å². The van der Waals surface area contributed by atoms with Gasteiger partial charge in [-0.1, -0.05) is 25.4 Å². The van der Waals surface area contributed by atoms with E-state index in [1.807, 2.05) is 13.8 Å². The Morgan fingerprint density at radius 2 is 2.12 bits per heavy atom. The lowest BCUT2D eigenvalue weighted by molar-refractivity contribution is 0.0524. The molecule has 0 aliphatic heterocycles.